The van der Waals surface area contributed by atoms with Gasteiger partial charge in [0.1, 0.15) is 5.75 Å². The maximum Gasteiger partial charge on any atom is 0.343 e. The van der Waals surface area contributed by atoms with Crippen molar-refractivity contribution in [2.75, 3.05) is 0 Å². The molecule has 172 valence electrons. The number of hydrogen-bond acceptors (Lipinski definition) is 2. The van der Waals surface area contributed by atoms with Crippen LogP contribution in [0.3, 0.4) is 0 Å². The van der Waals surface area contributed by atoms with Gasteiger partial charge >= 0.3 is 5.97 Å². The number of carbonyl (C=O) groups excluding carboxylic acids is 1. The van der Waals surface area contributed by atoms with Gasteiger partial charge in [-0.15, -0.1) is 0 Å². The minimum atomic E-state index is -0.769. The SMILES string of the molecule is O=C(Oc1ccccc1)c1cccc(C#Cc2ccccc2P(c2ccccc2)c2ccccc2)c1. The Hall–Kier alpha value is -4.44. The van der Waals surface area contributed by atoms with Gasteiger partial charge in [-0.2, -0.15) is 0 Å². The van der Waals surface area contributed by atoms with Crippen molar-refractivity contribution in [1.29, 1.82) is 0 Å². The molecule has 0 aromatic heterocycles. The Kier molecular flexibility index (Phi) is 7.33. The largest absolute Gasteiger partial charge is 0.423 e. The van der Waals surface area contributed by atoms with Crippen LogP contribution in [0.1, 0.15) is 21.5 Å². The zero-order chi connectivity index (χ0) is 24.6. The summed E-state index contributed by atoms with van der Waals surface area (Å²) in [5, 5.41) is 3.76. The molecule has 5 aromatic carbocycles. The molecule has 0 aliphatic carbocycles. The molecule has 2 nitrogen and oxygen atoms in total. The van der Waals surface area contributed by atoms with Gasteiger partial charge in [0.15, 0.2) is 0 Å². The van der Waals surface area contributed by atoms with Crippen LogP contribution in [0, 0.1) is 11.8 Å². The van der Waals surface area contributed by atoms with Gasteiger partial charge < -0.3 is 4.74 Å². The van der Waals surface area contributed by atoms with Crippen LogP contribution in [0.5, 0.6) is 5.75 Å². The van der Waals surface area contributed by atoms with E-state index in [0.717, 1.165) is 11.1 Å². The quantitative estimate of drug-likeness (QED) is 0.132. The third-order valence-corrected chi connectivity index (χ3v) is 8.07. The van der Waals surface area contributed by atoms with Gasteiger partial charge in [-0.05, 0) is 54.9 Å². The second kappa shape index (κ2) is 11.3. The fraction of sp³-hybridized carbons (Fsp3) is 0. The van der Waals surface area contributed by atoms with E-state index >= 15 is 0 Å². The molecule has 0 spiro atoms. The van der Waals surface area contributed by atoms with Crippen molar-refractivity contribution in [2.24, 2.45) is 0 Å². The van der Waals surface area contributed by atoms with Gasteiger partial charge in [0.2, 0.25) is 0 Å². The molecule has 5 rings (SSSR count). The van der Waals surface area contributed by atoms with E-state index < -0.39 is 13.9 Å². The lowest BCUT2D eigenvalue weighted by Crippen LogP contribution is -2.22. The van der Waals surface area contributed by atoms with Crippen LogP contribution in [0.25, 0.3) is 0 Å². The molecule has 0 bridgehead atoms. The van der Waals surface area contributed by atoms with Crippen LogP contribution in [-0.2, 0) is 0 Å². The van der Waals surface area contributed by atoms with Crippen LogP contribution in [0.2, 0.25) is 0 Å². The number of esters is 1. The van der Waals surface area contributed by atoms with Gasteiger partial charge in [0.05, 0.1) is 5.56 Å². The minimum Gasteiger partial charge on any atom is -0.423 e. The normalized spacial score (nSPS) is 10.4. The summed E-state index contributed by atoms with van der Waals surface area (Å²) in [5.41, 5.74) is 2.21. The first-order valence-corrected chi connectivity index (χ1v) is 13.0. The van der Waals surface area contributed by atoms with Crippen LogP contribution in [0.4, 0.5) is 0 Å². The van der Waals surface area contributed by atoms with Crippen molar-refractivity contribution in [1.82, 2.24) is 0 Å². The number of ether oxygens (including phenoxy) is 1. The molecular formula is C33H23O2P. The topological polar surface area (TPSA) is 26.3 Å². The summed E-state index contributed by atoms with van der Waals surface area (Å²) < 4.78 is 5.48. The number of benzene rings is 5. The molecule has 0 heterocycles. The van der Waals surface area contributed by atoms with E-state index in [2.05, 4.69) is 78.6 Å². The molecule has 3 heteroatoms. The Balaban J connectivity index is 1.48. The molecule has 0 N–H and O–H groups in total. The van der Waals surface area contributed by atoms with Crippen molar-refractivity contribution < 1.29 is 9.53 Å². The van der Waals surface area contributed by atoms with Crippen LogP contribution in [-0.4, -0.2) is 5.97 Å². The third-order valence-electron chi connectivity index (χ3n) is 5.57. The summed E-state index contributed by atoms with van der Waals surface area (Å²) in [4.78, 5) is 12.6. The van der Waals surface area contributed by atoms with Crippen molar-refractivity contribution in [2.45, 2.75) is 0 Å². The van der Waals surface area contributed by atoms with Crippen LogP contribution >= 0.6 is 7.92 Å². The molecule has 0 aliphatic heterocycles. The van der Waals surface area contributed by atoms with E-state index in [4.69, 9.17) is 4.74 Å². The molecule has 0 fully saturated rings. The molecule has 0 radical (unpaired) electrons. The maximum absolute atomic E-state index is 12.6. The Morgan fingerprint density at radius 3 is 1.83 bits per heavy atom. The van der Waals surface area contributed by atoms with Gasteiger partial charge in [0, 0.05) is 16.4 Å². The number of para-hydroxylation sites is 1. The summed E-state index contributed by atoms with van der Waals surface area (Å²) in [6, 6.07) is 45.8. The Bertz CT molecular complexity index is 1480. The predicted octanol–water partition coefficient (Wildman–Crippen LogP) is 6.06. The number of hydrogen-bond donors (Lipinski definition) is 0. The van der Waals surface area contributed by atoms with E-state index in [1.807, 2.05) is 48.5 Å². The first-order valence-electron chi connectivity index (χ1n) is 11.7. The first-order chi connectivity index (χ1) is 17.8. The monoisotopic (exact) mass is 482 g/mol. The van der Waals surface area contributed by atoms with Crippen molar-refractivity contribution in [3.05, 3.63) is 156 Å². The maximum atomic E-state index is 12.6. The van der Waals surface area contributed by atoms with Crippen LogP contribution in [0.15, 0.2) is 140 Å². The molecule has 5 aromatic rings. The second-order valence-corrected chi connectivity index (χ2v) is 10.2. The van der Waals surface area contributed by atoms with Gasteiger partial charge in [0.25, 0.3) is 0 Å². The third kappa shape index (κ3) is 5.61. The van der Waals surface area contributed by atoms with Gasteiger partial charge in [-0.3, -0.25) is 0 Å². The summed E-state index contributed by atoms with van der Waals surface area (Å²) in [6.07, 6.45) is 0. The summed E-state index contributed by atoms with van der Waals surface area (Å²) >= 11 is 0. The van der Waals surface area contributed by atoms with E-state index in [0.29, 0.717) is 11.3 Å². The van der Waals surface area contributed by atoms with Gasteiger partial charge in [-0.25, -0.2) is 4.79 Å². The van der Waals surface area contributed by atoms with Crippen molar-refractivity contribution in [3.63, 3.8) is 0 Å². The highest BCUT2D eigenvalue weighted by molar-refractivity contribution is 7.80. The van der Waals surface area contributed by atoms with E-state index in [1.54, 1.807) is 24.3 Å². The fourth-order valence-electron chi connectivity index (χ4n) is 3.87. The molecule has 0 saturated heterocycles. The van der Waals surface area contributed by atoms with E-state index in [1.165, 1.54) is 15.9 Å². The summed E-state index contributed by atoms with van der Waals surface area (Å²) in [7, 11) is -0.769. The van der Waals surface area contributed by atoms with Gasteiger partial charge in [-0.1, -0.05) is 115 Å². The Labute approximate surface area is 213 Å². The zero-order valence-corrected chi connectivity index (χ0v) is 20.4. The standard InChI is InChI=1S/C33H23O2P/c34-33(35-29-16-4-1-5-17-29)28-15-12-13-26(25-28)23-24-27-14-10-11-22-32(27)36(30-18-6-2-7-19-30)31-20-8-3-9-21-31/h1-22,25H. The average Bonchev–Trinajstić information content (AvgIpc) is 2.94. The van der Waals surface area contributed by atoms with E-state index in [-0.39, 0.29) is 0 Å². The molecule has 0 unspecified atom stereocenters. The lowest BCUT2D eigenvalue weighted by Gasteiger charge is -2.20. The predicted molar refractivity (Wildman–Crippen MR) is 149 cm³/mol. The molecule has 0 aliphatic rings. The highest BCUT2D eigenvalue weighted by Crippen LogP contribution is 2.33. The van der Waals surface area contributed by atoms with Crippen LogP contribution < -0.4 is 20.7 Å². The highest BCUT2D eigenvalue weighted by Gasteiger charge is 2.18. The lowest BCUT2D eigenvalue weighted by molar-refractivity contribution is 0.0734. The molecule has 0 atom stereocenters. The molecule has 0 amide bonds. The zero-order valence-electron chi connectivity index (χ0n) is 19.5. The fourth-order valence-corrected chi connectivity index (χ4v) is 6.28. The lowest BCUT2D eigenvalue weighted by atomic mass is 10.1. The molecule has 0 saturated carbocycles. The van der Waals surface area contributed by atoms with E-state index in [9.17, 15) is 4.79 Å². The first kappa shape index (κ1) is 23.3. The molecular weight excluding hydrogens is 459 g/mol. The number of carbonyl (C=O) groups is 1. The van der Waals surface area contributed by atoms with Crippen molar-refractivity contribution in [3.8, 4) is 17.6 Å². The molecule has 36 heavy (non-hydrogen) atoms. The Morgan fingerprint density at radius 1 is 0.583 bits per heavy atom. The minimum absolute atomic E-state index is 0.401. The Morgan fingerprint density at radius 2 is 1.17 bits per heavy atom. The smallest absolute Gasteiger partial charge is 0.343 e. The average molecular weight is 483 g/mol. The summed E-state index contributed by atoms with van der Waals surface area (Å²) in [5.74, 6) is 6.77. The number of rotatable bonds is 5. The van der Waals surface area contributed by atoms with Crippen molar-refractivity contribution >= 4 is 29.8 Å². The summed E-state index contributed by atoms with van der Waals surface area (Å²) in [6.45, 7) is 0. The second-order valence-electron chi connectivity index (χ2n) is 8.06. The highest BCUT2D eigenvalue weighted by atomic mass is 31.1.